The van der Waals surface area contributed by atoms with Crippen LogP contribution in [-0.4, -0.2) is 34.5 Å². The Morgan fingerprint density at radius 1 is 0.939 bits per heavy atom. The molecule has 12 heteroatoms. The molecule has 0 amide bonds. The molecular formula is C21H24N2O8P2. The fraction of sp³-hybridized carbons (Fsp3) is 0.238. The van der Waals surface area contributed by atoms with Gasteiger partial charge in [-0.25, -0.2) is 4.98 Å². The van der Waals surface area contributed by atoms with Crippen molar-refractivity contribution in [3.05, 3.63) is 82.4 Å². The summed E-state index contributed by atoms with van der Waals surface area (Å²) in [4.78, 5) is 55.1. The number of hydrogen-bond donors (Lipinski definition) is 4. The van der Waals surface area contributed by atoms with Crippen LogP contribution < -0.4 is 10.3 Å². The average molecular weight is 494 g/mol. The van der Waals surface area contributed by atoms with Crippen molar-refractivity contribution in [3.8, 4) is 17.0 Å². The molecule has 33 heavy (non-hydrogen) atoms. The number of ether oxygens (including phenoxy) is 1. The monoisotopic (exact) mass is 494 g/mol. The van der Waals surface area contributed by atoms with E-state index in [4.69, 9.17) is 4.74 Å². The van der Waals surface area contributed by atoms with E-state index in [1.54, 1.807) is 30.3 Å². The van der Waals surface area contributed by atoms with Crippen LogP contribution in [-0.2, 0) is 29.2 Å². The first-order valence-electron chi connectivity index (χ1n) is 9.91. The number of aromatic nitrogens is 2. The molecule has 0 bridgehead atoms. The van der Waals surface area contributed by atoms with Gasteiger partial charge in [-0.15, -0.1) is 0 Å². The smallest absolute Gasteiger partial charge is 0.340 e. The van der Waals surface area contributed by atoms with Crippen molar-refractivity contribution in [1.29, 1.82) is 0 Å². The number of nitrogens with zero attached hydrogens (tertiary/aromatic N) is 2. The summed E-state index contributed by atoms with van der Waals surface area (Å²) in [5.41, 5.74) is 1.13. The second kappa shape index (κ2) is 10.1. The number of rotatable bonds is 9. The van der Waals surface area contributed by atoms with E-state index in [9.17, 15) is 33.5 Å². The van der Waals surface area contributed by atoms with Crippen LogP contribution in [0.4, 0.5) is 0 Å². The molecule has 3 rings (SSSR count). The third-order valence-corrected chi connectivity index (χ3v) is 8.89. The molecule has 176 valence electrons. The van der Waals surface area contributed by atoms with Gasteiger partial charge in [0.05, 0.1) is 0 Å². The Balaban J connectivity index is 2.01. The Morgan fingerprint density at radius 3 is 2.03 bits per heavy atom. The van der Waals surface area contributed by atoms with Gasteiger partial charge in [0.25, 0.3) is 5.56 Å². The molecule has 0 aliphatic heterocycles. The van der Waals surface area contributed by atoms with Crippen LogP contribution in [0, 0.1) is 0 Å². The molecule has 0 radical (unpaired) electrons. The van der Waals surface area contributed by atoms with Crippen LogP contribution in [0.3, 0.4) is 0 Å². The van der Waals surface area contributed by atoms with E-state index in [1.807, 2.05) is 30.3 Å². The lowest BCUT2D eigenvalue weighted by atomic mass is 10.1. The molecule has 0 fully saturated rings. The molecule has 4 N–H and O–H groups in total. The van der Waals surface area contributed by atoms with Gasteiger partial charge in [-0.1, -0.05) is 60.7 Å². The fourth-order valence-corrected chi connectivity index (χ4v) is 5.79. The van der Waals surface area contributed by atoms with E-state index in [-0.39, 0.29) is 30.3 Å². The fourth-order valence-electron chi connectivity index (χ4n) is 3.29. The summed E-state index contributed by atoms with van der Waals surface area (Å²) in [6.45, 7) is 0.120. The molecule has 1 heterocycles. The van der Waals surface area contributed by atoms with Crippen molar-refractivity contribution < 1.29 is 33.4 Å². The third kappa shape index (κ3) is 6.26. The van der Waals surface area contributed by atoms with Gasteiger partial charge in [-0.3, -0.25) is 18.5 Å². The summed E-state index contributed by atoms with van der Waals surface area (Å²) in [7, 11) is -8.76. The zero-order chi connectivity index (χ0) is 24.2. The second-order valence-electron chi connectivity index (χ2n) is 7.41. The average Bonchev–Trinajstić information content (AvgIpc) is 2.75. The molecule has 3 aromatic rings. The van der Waals surface area contributed by atoms with Crippen molar-refractivity contribution in [3.63, 3.8) is 0 Å². The van der Waals surface area contributed by atoms with Crippen molar-refractivity contribution in [2.45, 2.75) is 24.8 Å². The lowest BCUT2D eigenvalue weighted by molar-refractivity contribution is 0.298. The highest BCUT2D eigenvalue weighted by atomic mass is 31.2. The van der Waals surface area contributed by atoms with Gasteiger partial charge >= 0.3 is 15.2 Å². The normalized spacial score (nSPS) is 12.2. The van der Waals surface area contributed by atoms with Gasteiger partial charge in [0.15, 0.2) is 5.40 Å². The maximum atomic E-state index is 13.1. The number of benzene rings is 2. The van der Waals surface area contributed by atoms with Crippen molar-refractivity contribution in [2.75, 3.05) is 0 Å². The van der Waals surface area contributed by atoms with Gasteiger partial charge in [0.1, 0.15) is 18.1 Å². The molecule has 2 aromatic carbocycles. The molecule has 0 aliphatic carbocycles. The maximum Gasteiger partial charge on any atom is 0.340 e. The quantitative estimate of drug-likeness (QED) is 0.328. The Hall–Kier alpha value is -2.58. The predicted octanol–water partition coefficient (Wildman–Crippen LogP) is 2.64. The molecule has 1 aromatic heterocycles. The number of aryl methyl sites for hydroxylation is 1. The minimum absolute atomic E-state index is 0.00201. The lowest BCUT2D eigenvalue weighted by Gasteiger charge is -2.20. The highest BCUT2D eigenvalue weighted by Gasteiger charge is 2.43. The van der Waals surface area contributed by atoms with E-state index in [2.05, 4.69) is 4.98 Å². The van der Waals surface area contributed by atoms with E-state index < -0.39 is 32.6 Å². The van der Waals surface area contributed by atoms with E-state index >= 15 is 0 Å². The Labute approximate surface area is 189 Å². The van der Waals surface area contributed by atoms with Crippen molar-refractivity contribution in [2.24, 2.45) is 7.05 Å². The minimum Gasteiger partial charge on any atom is -0.481 e. The summed E-state index contributed by atoms with van der Waals surface area (Å²) in [5, 5.41) is -2.18. The Kier molecular flexibility index (Phi) is 7.69. The summed E-state index contributed by atoms with van der Waals surface area (Å²) in [5.74, 6) is 0.107. The lowest BCUT2D eigenvalue weighted by Crippen LogP contribution is -2.26. The van der Waals surface area contributed by atoms with Gasteiger partial charge < -0.3 is 24.3 Å². The number of hydrogen-bond acceptors (Lipinski definition) is 5. The van der Waals surface area contributed by atoms with Crippen LogP contribution >= 0.6 is 15.2 Å². The van der Waals surface area contributed by atoms with Crippen LogP contribution in [0.1, 0.15) is 17.8 Å². The standard InChI is InChI=1S/C21H24N2O8P2/c1-23-17(12-13-18(32(25,26)27)33(28,29)30)22-19(16-10-6-3-7-11-16)20(21(23)24)31-14-15-8-4-2-5-9-15/h2-11,18H,12-14H2,1H3,(H2,25,26,27)(H2,28,29,30). The summed E-state index contributed by atoms with van der Waals surface area (Å²) < 4.78 is 30.2. The van der Waals surface area contributed by atoms with Crippen molar-refractivity contribution in [1.82, 2.24) is 9.55 Å². The van der Waals surface area contributed by atoms with E-state index in [0.717, 1.165) is 10.1 Å². The molecule has 0 unspecified atom stereocenters. The van der Waals surface area contributed by atoms with E-state index in [0.29, 0.717) is 5.56 Å². The van der Waals surface area contributed by atoms with Crippen LogP contribution in [0.15, 0.2) is 65.5 Å². The van der Waals surface area contributed by atoms with Crippen molar-refractivity contribution >= 4 is 15.2 Å². The molecule has 0 atom stereocenters. The van der Waals surface area contributed by atoms with Gasteiger partial charge in [-0.2, -0.15) is 0 Å². The Morgan fingerprint density at radius 2 is 1.48 bits per heavy atom. The predicted molar refractivity (Wildman–Crippen MR) is 122 cm³/mol. The van der Waals surface area contributed by atoms with Crippen LogP contribution in [0.2, 0.25) is 0 Å². The third-order valence-electron chi connectivity index (χ3n) is 5.02. The summed E-state index contributed by atoms with van der Waals surface area (Å²) in [6, 6.07) is 18.0. The van der Waals surface area contributed by atoms with Crippen LogP contribution in [0.5, 0.6) is 5.75 Å². The summed E-state index contributed by atoms with van der Waals surface area (Å²) >= 11 is 0. The second-order valence-corrected chi connectivity index (χ2v) is 11.4. The minimum atomic E-state index is -5.09. The Bertz CT molecular complexity index is 1230. The molecule has 0 saturated carbocycles. The molecule has 0 spiro atoms. The SMILES string of the molecule is Cn1c(CCC(P(=O)(O)O)P(=O)(O)O)nc(-c2ccccc2)c(OCc2ccccc2)c1=O. The molecule has 0 aliphatic rings. The first-order chi connectivity index (χ1) is 15.5. The zero-order valence-electron chi connectivity index (χ0n) is 17.7. The molecular weight excluding hydrogens is 470 g/mol. The molecule has 0 saturated heterocycles. The highest BCUT2D eigenvalue weighted by molar-refractivity contribution is 7.70. The van der Waals surface area contributed by atoms with Crippen LogP contribution in [0.25, 0.3) is 11.3 Å². The maximum absolute atomic E-state index is 13.1. The van der Waals surface area contributed by atoms with E-state index in [1.165, 1.54) is 7.05 Å². The largest absolute Gasteiger partial charge is 0.481 e. The summed E-state index contributed by atoms with van der Waals surface area (Å²) in [6.07, 6.45) is -0.807. The first kappa shape index (κ1) is 25.1. The van der Waals surface area contributed by atoms with Gasteiger partial charge in [0, 0.05) is 19.0 Å². The first-order valence-corrected chi connectivity index (χ1v) is 13.3. The van der Waals surface area contributed by atoms with Gasteiger partial charge in [0.2, 0.25) is 5.75 Å². The zero-order valence-corrected chi connectivity index (χ0v) is 19.5. The van der Waals surface area contributed by atoms with Gasteiger partial charge in [-0.05, 0) is 12.0 Å². The highest BCUT2D eigenvalue weighted by Crippen LogP contribution is 2.61. The topological polar surface area (TPSA) is 159 Å². The molecule has 10 nitrogen and oxygen atoms in total.